The van der Waals surface area contributed by atoms with Crippen LogP contribution in [0.2, 0.25) is 0 Å². The number of anilines is 1. The number of nitrogens with zero attached hydrogens (tertiary/aromatic N) is 4. The number of piperazine rings is 1. The number of hydrogen-bond donors (Lipinski definition) is 2. The van der Waals surface area contributed by atoms with Gasteiger partial charge in [0.25, 0.3) is 0 Å². The molecule has 6 nitrogen and oxygen atoms in total. The Kier molecular flexibility index (Phi) is 3.66. The van der Waals surface area contributed by atoms with Crippen LogP contribution in [0.3, 0.4) is 0 Å². The Morgan fingerprint density at radius 1 is 1.56 bits per heavy atom. The lowest BCUT2D eigenvalue weighted by molar-refractivity contribution is 0.274. The van der Waals surface area contributed by atoms with Crippen molar-refractivity contribution in [3.63, 3.8) is 0 Å². The molecule has 1 atom stereocenters. The normalized spacial score (nSPS) is 22.2. The molecule has 18 heavy (non-hydrogen) atoms. The summed E-state index contributed by atoms with van der Waals surface area (Å²) >= 11 is 0. The van der Waals surface area contributed by atoms with Crippen molar-refractivity contribution >= 4 is 11.7 Å². The average Bonchev–Trinajstić information content (AvgIpc) is 2.38. The smallest absolute Gasteiger partial charge is 0.170 e. The van der Waals surface area contributed by atoms with E-state index in [-0.39, 0.29) is 5.84 Å². The van der Waals surface area contributed by atoms with Gasteiger partial charge in [-0.1, -0.05) is 5.16 Å². The van der Waals surface area contributed by atoms with Crippen LogP contribution in [0.4, 0.5) is 5.82 Å². The first-order chi connectivity index (χ1) is 8.61. The quantitative estimate of drug-likeness (QED) is 0.341. The van der Waals surface area contributed by atoms with E-state index in [0.29, 0.717) is 11.6 Å². The molecule has 98 valence electrons. The number of nitrogens with two attached hydrogens (primary N) is 1. The van der Waals surface area contributed by atoms with E-state index in [9.17, 15) is 0 Å². The van der Waals surface area contributed by atoms with Gasteiger partial charge in [-0.2, -0.15) is 0 Å². The number of amidine groups is 1. The highest BCUT2D eigenvalue weighted by Gasteiger charge is 2.22. The minimum absolute atomic E-state index is 0.112. The molecule has 1 aromatic heterocycles. The van der Waals surface area contributed by atoms with Gasteiger partial charge in [-0.25, -0.2) is 4.98 Å². The SMILES string of the molecule is CC1CN(C)CCN1c1cc(/C(N)=N/O)ccn1. The van der Waals surface area contributed by atoms with Crippen LogP contribution < -0.4 is 10.6 Å². The fourth-order valence-corrected chi connectivity index (χ4v) is 2.27. The molecule has 0 bridgehead atoms. The molecule has 3 N–H and O–H groups in total. The Morgan fingerprint density at radius 2 is 2.33 bits per heavy atom. The molecule has 6 heteroatoms. The second-order valence-electron chi connectivity index (χ2n) is 4.69. The van der Waals surface area contributed by atoms with Crippen LogP contribution in [0, 0.1) is 0 Å². The number of hydrogen-bond acceptors (Lipinski definition) is 5. The third-order valence-corrected chi connectivity index (χ3v) is 3.27. The number of oxime groups is 1. The molecule has 1 fully saturated rings. The predicted molar refractivity (Wildman–Crippen MR) is 71.1 cm³/mol. The van der Waals surface area contributed by atoms with Crippen molar-refractivity contribution in [3.8, 4) is 0 Å². The molecule has 2 heterocycles. The summed E-state index contributed by atoms with van der Waals surface area (Å²) in [6, 6.07) is 4.00. The van der Waals surface area contributed by atoms with Gasteiger partial charge in [-0.15, -0.1) is 0 Å². The molecule has 0 spiro atoms. The van der Waals surface area contributed by atoms with Gasteiger partial charge in [0.15, 0.2) is 5.84 Å². The third kappa shape index (κ3) is 2.53. The standard InChI is InChI=1S/C12H19N5O/c1-9-8-16(2)5-6-17(9)11-7-10(3-4-14-11)12(13)15-18/h3-4,7,9,18H,5-6,8H2,1-2H3,(H2,13,15). The zero-order valence-electron chi connectivity index (χ0n) is 10.7. The van der Waals surface area contributed by atoms with Gasteiger partial charge in [0.05, 0.1) is 0 Å². The van der Waals surface area contributed by atoms with E-state index < -0.39 is 0 Å². The van der Waals surface area contributed by atoms with Crippen molar-refractivity contribution in [2.24, 2.45) is 10.9 Å². The Hall–Kier alpha value is -1.82. The Labute approximate surface area is 107 Å². The maximum atomic E-state index is 8.70. The van der Waals surface area contributed by atoms with Crippen LogP contribution >= 0.6 is 0 Å². The maximum Gasteiger partial charge on any atom is 0.170 e. The molecule has 0 aliphatic carbocycles. The Balaban J connectivity index is 2.23. The minimum atomic E-state index is 0.112. The predicted octanol–water partition coefficient (Wildman–Crippen LogP) is 0.316. The van der Waals surface area contributed by atoms with Crippen LogP contribution in [0.15, 0.2) is 23.5 Å². The molecule has 0 amide bonds. The summed E-state index contributed by atoms with van der Waals surface area (Å²) in [6.45, 7) is 5.13. The van der Waals surface area contributed by atoms with Crippen molar-refractivity contribution in [1.82, 2.24) is 9.88 Å². The highest BCUT2D eigenvalue weighted by molar-refractivity contribution is 5.97. The molecule has 2 rings (SSSR count). The Bertz CT molecular complexity index is 448. The van der Waals surface area contributed by atoms with Gasteiger partial charge in [0.2, 0.25) is 0 Å². The van der Waals surface area contributed by atoms with Crippen molar-refractivity contribution in [2.45, 2.75) is 13.0 Å². The van der Waals surface area contributed by atoms with Crippen molar-refractivity contribution < 1.29 is 5.21 Å². The summed E-state index contributed by atoms with van der Waals surface area (Å²) in [5.74, 6) is 0.986. The van der Waals surface area contributed by atoms with Crippen LogP contribution in [0.1, 0.15) is 12.5 Å². The van der Waals surface area contributed by atoms with E-state index in [2.05, 4.69) is 33.9 Å². The molecule has 0 radical (unpaired) electrons. The van der Waals surface area contributed by atoms with E-state index in [1.54, 1.807) is 12.3 Å². The largest absolute Gasteiger partial charge is 0.409 e. The summed E-state index contributed by atoms with van der Waals surface area (Å²) in [4.78, 5) is 8.91. The zero-order valence-corrected chi connectivity index (χ0v) is 10.7. The number of aromatic nitrogens is 1. The highest BCUT2D eigenvalue weighted by atomic mass is 16.4. The first kappa shape index (κ1) is 12.6. The van der Waals surface area contributed by atoms with Crippen LogP contribution in [-0.4, -0.2) is 53.7 Å². The van der Waals surface area contributed by atoms with Gasteiger partial charge >= 0.3 is 0 Å². The van der Waals surface area contributed by atoms with Gasteiger partial charge in [0.1, 0.15) is 5.82 Å². The lowest BCUT2D eigenvalue weighted by atomic mass is 10.1. The molecule has 0 aromatic carbocycles. The molecule has 1 aliphatic heterocycles. The summed E-state index contributed by atoms with van der Waals surface area (Å²) in [5, 5.41) is 11.7. The average molecular weight is 249 g/mol. The molecular formula is C12H19N5O. The highest BCUT2D eigenvalue weighted by Crippen LogP contribution is 2.18. The van der Waals surface area contributed by atoms with E-state index in [0.717, 1.165) is 25.5 Å². The lowest BCUT2D eigenvalue weighted by Crippen LogP contribution is -2.50. The third-order valence-electron chi connectivity index (χ3n) is 3.27. The fraction of sp³-hybridized carbons (Fsp3) is 0.500. The summed E-state index contributed by atoms with van der Waals surface area (Å²) < 4.78 is 0. The summed E-state index contributed by atoms with van der Waals surface area (Å²) in [6.07, 6.45) is 1.69. The van der Waals surface area contributed by atoms with E-state index in [1.165, 1.54) is 0 Å². The number of rotatable bonds is 2. The molecule has 0 saturated carbocycles. The molecule has 1 aromatic rings. The summed E-state index contributed by atoms with van der Waals surface area (Å²) in [5.41, 5.74) is 6.28. The van der Waals surface area contributed by atoms with Crippen molar-refractivity contribution in [1.29, 1.82) is 0 Å². The fourth-order valence-electron chi connectivity index (χ4n) is 2.27. The number of pyridine rings is 1. The van der Waals surface area contributed by atoms with Crippen LogP contribution in [0.5, 0.6) is 0 Å². The first-order valence-electron chi connectivity index (χ1n) is 6.01. The Morgan fingerprint density at radius 3 is 3.00 bits per heavy atom. The summed E-state index contributed by atoms with van der Waals surface area (Å²) in [7, 11) is 2.12. The van der Waals surface area contributed by atoms with E-state index in [4.69, 9.17) is 10.9 Å². The number of likely N-dealkylation sites (N-methyl/N-ethyl adjacent to an activating group) is 1. The van der Waals surface area contributed by atoms with E-state index >= 15 is 0 Å². The molecule has 1 unspecified atom stereocenters. The maximum absolute atomic E-state index is 8.70. The van der Waals surface area contributed by atoms with Gasteiger partial charge < -0.3 is 20.7 Å². The van der Waals surface area contributed by atoms with Gasteiger partial charge in [-0.3, -0.25) is 0 Å². The molecule has 1 aliphatic rings. The lowest BCUT2D eigenvalue weighted by Gasteiger charge is -2.39. The minimum Gasteiger partial charge on any atom is -0.409 e. The van der Waals surface area contributed by atoms with Crippen molar-refractivity contribution in [3.05, 3.63) is 23.9 Å². The molecular weight excluding hydrogens is 230 g/mol. The second-order valence-corrected chi connectivity index (χ2v) is 4.69. The second kappa shape index (κ2) is 5.22. The van der Waals surface area contributed by atoms with Crippen molar-refractivity contribution in [2.75, 3.05) is 31.6 Å². The van der Waals surface area contributed by atoms with Crippen LogP contribution in [0.25, 0.3) is 0 Å². The topological polar surface area (TPSA) is 78.0 Å². The first-order valence-corrected chi connectivity index (χ1v) is 6.01. The zero-order chi connectivity index (χ0) is 13.1. The molecule has 1 saturated heterocycles. The monoisotopic (exact) mass is 249 g/mol. The van der Waals surface area contributed by atoms with E-state index in [1.807, 2.05) is 6.07 Å². The van der Waals surface area contributed by atoms with Crippen LogP contribution in [-0.2, 0) is 0 Å². The van der Waals surface area contributed by atoms with Gasteiger partial charge in [-0.05, 0) is 26.1 Å². The van der Waals surface area contributed by atoms with Gasteiger partial charge in [0, 0.05) is 37.4 Å².